The molecule has 4 nitrogen and oxygen atoms in total. The predicted molar refractivity (Wildman–Crippen MR) is 69.0 cm³/mol. The van der Waals surface area contributed by atoms with Crippen molar-refractivity contribution in [1.82, 2.24) is 10.2 Å². The van der Waals surface area contributed by atoms with E-state index in [4.69, 9.17) is 4.74 Å². The molecule has 0 aromatic heterocycles. The second kappa shape index (κ2) is 4.20. The van der Waals surface area contributed by atoms with Gasteiger partial charge < -0.3 is 9.64 Å². The number of ether oxygens (including phenoxy) is 1. The highest BCUT2D eigenvalue weighted by Gasteiger charge is 2.60. The fourth-order valence-electron chi connectivity index (χ4n) is 3.41. The van der Waals surface area contributed by atoms with Crippen molar-refractivity contribution in [3.05, 3.63) is 0 Å². The Balaban J connectivity index is 1.81. The quantitative estimate of drug-likeness (QED) is 0.827. The van der Waals surface area contributed by atoms with Crippen LogP contribution in [0.5, 0.6) is 0 Å². The molecule has 0 bridgehead atoms. The number of nitrogens with one attached hydrogen (secondary N) is 1. The van der Waals surface area contributed by atoms with Crippen molar-refractivity contribution in [1.29, 1.82) is 0 Å². The van der Waals surface area contributed by atoms with Gasteiger partial charge in [-0.05, 0) is 38.5 Å². The highest BCUT2D eigenvalue weighted by molar-refractivity contribution is 5.92. The Morgan fingerprint density at radius 3 is 2.72 bits per heavy atom. The topological polar surface area (TPSA) is 41.6 Å². The molecule has 0 aromatic rings. The second-order valence-electron chi connectivity index (χ2n) is 6.52. The number of rotatable bonds is 3. The Morgan fingerprint density at radius 2 is 2.22 bits per heavy atom. The van der Waals surface area contributed by atoms with E-state index in [0.29, 0.717) is 11.8 Å². The maximum Gasteiger partial charge on any atom is 0.244 e. The number of carbonyl (C=O) groups excluding carboxylic acids is 1. The summed E-state index contributed by atoms with van der Waals surface area (Å²) in [6, 6.07) is 0.272. The van der Waals surface area contributed by atoms with Gasteiger partial charge in [0.1, 0.15) is 0 Å². The molecule has 3 rings (SSSR count). The van der Waals surface area contributed by atoms with Crippen LogP contribution in [0.4, 0.5) is 0 Å². The highest BCUT2D eigenvalue weighted by Crippen LogP contribution is 2.44. The largest absolute Gasteiger partial charge is 0.376 e. The third-order valence-electron chi connectivity index (χ3n) is 4.56. The zero-order chi connectivity index (χ0) is 12.9. The van der Waals surface area contributed by atoms with Gasteiger partial charge in [0.2, 0.25) is 5.91 Å². The van der Waals surface area contributed by atoms with E-state index in [1.54, 1.807) is 0 Å². The molecule has 1 N–H and O–H groups in total. The summed E-state index contributed by atoms with van der Waals surface area (Å²) in [5, 5.41) is 3.59. The van der Waals surface area contributed by atoms with E-state index in [1.807, 2.05) is 0 Å². The Labute approximate surface area is 109 Å². The van der Waals surface area contributed by atoms with Crippen molar-refractivity contribution in [3.63, 3.8) is 0 Å². The Bertz CT molecular complexity index is 352. The van der Waals surface area contributed by atoms with Gasteiger partial charge in [-0.15, -0.1) is 0 Å². The SMILES string of the molecule is CC(C)CC1NC2(CC2)C(=O)N1C1CCOC1C. The van der Waals surface area contributed by atoms with Gasteiger partial charge in [-0.2, -0.15) is 0 Å². The highest BCUT2D eigenvalue weighted by atomic mass is 16.5. The van der Waals surface area contributed by atoms with Gasteiger partial charge in [0, 0.05) is 6.61 Å². The molecule has 18 heavy (non-hydrogen) atoms. The molecule has 3 aliphatic rings. The molecular formula is C14H24N2O2. The average Bonchev–Trinajstić information content (AvgIpc) is 2.88. The number of nitrogens with zero attached hydrogens (tertiary/aromatic N) is 1. The van der Waals surface area contributed by atoms with E-state index in [-0.39, 0.29) is 23.9 Å². The normalized spacial score (nSPS) is 38.1. The number of hydrogen-bond donors (Lipinski definition) is 1. The summed E-state index contributed by atoms with van der Waals surface area (Å²) in [4.78, 5) is 14.7. The van der Waals surface area contributed by atoms with Gasteiger partial charge in [-0.1, -0.05) is 13.8 Å². The molecule has 3 atom stereocenters. The van der Waals surface area contributed by atoms with Crippen molar-refractivity contribution in [3.8, 4) is 0 Å². The van der Waals surface area contributed by atoms with E-state index in [2.05, 4.69) is 31.0 Å². The Morgan fingerprint density at radius 1 is 1.50 bits per heavy atom. The maximum absolute atomic E-state index is 12.6. The zero-order valence-corrected chi connectivity index (χ0v) is 11.6. The van der Waals surface area contributed by atoms with Crippen LogP contribution in [0, 0.1) is 5.92 Å². The third-order valence-corrected chi connectivity index (χ3v) is 4.56. The lowest BCUT2D eigenvalue weighted by atomic mass is 10.0. The fraction of sp³-hybridized carbons (Fsp3) is 0.929. The van der Waals surface area contributed by atoms with E-state index < -0.39 is 0 Å². The van der Waals surface area contributed by atoms with Crippen LogP contribution in [0.2, 0.25) is 0 Å². The van der Waals surface area contributed by atoms with Gasteiger partial charge in [0.15, 0.2) is 0 Å². The second-order valence-corrected chi connectivity index (χ2v) is 6.52. The van der Waals surface area contributed by atoms with Gasteiger partial charge >= 0.3 is 0 Å². The summed E-state index contributed by atoms with van der Waals surface area (Å²) in [6.45, 7) is 7.32. The lowest BCUT2D eigenvalue weighted by molar-refractivity contribution is -0.134. The van der Waals surface area contributed by atoms with Crippen molar-refractivity contribution >= 4 is 5.91 Å². The summed E-state index contributed by atoms with van der Waals surface area (Å²) in [7, 11) is 0. The minimum atomic E-state index is -0.193. The molecule has 1 amide bonds. The molecule has 102 valence electrons. The number of amides is 1. The first kappa shape index (κ1) is 12.4. The van der Waals surface area contributed by atoms with Crippen LogP contribution in [0.25, 0.3) is 0 Å². The molecular weight excluding hydrogens is 228 g/mol. The summed E-state index contributed by atoms with van der Waals surface area (Å²) in [6.07, 6.45) is 4.45. The maximum atomic E-state index is 12.6. The molecule has 2 aliphatic heterocycles. The average molecular weight is 252 g/mol. The smallest absolute Gasteiger partial charge is 0.244 e. The third kappa shape index (κ3) is 1.86. The molecule has 4 heteroatoms. The van der Waals surface area contributed by atoms with Crippen LogP contribution in [0.15, 0.2) is 0 Å². The Kier molecular flexibility index (Phi) is 2.90. The molecule has 1 saturated carbocycles. The van der Waals surface area contributed by atoms with E-state index in [9.17, 15) is 4.79 Å². The lowest BCUT2D eigenvalue weighted by Crippen LogP contribution is -2.48. The molecule has 0 aromatic carbocycles. The van der Waals surface area contributed by atoms with Crippen LogP contribution < -0.4 is 5.32 Å². The first-order valence-corrected chi connectivity index (χ1v) is 7.25. The van der Waals surface area contributed by atoms with Crippen LogP contribution >= 0.6 is 0 Å². The van der Waals surface area contributed by atoms with Gasteiger partial charge in [0.05, 0.1) is 23.9 Å². The van der Waals surface area contributed by atoms with E-state index in [1.165, 1.54) is 0 Å². The van der Waals surface area contributed by atoms with Gasteiger partial charge in [0.25, 0.3) is 0 Å². The van der Waals surface area contributed by atoms with Gasteiger partial charge in [-0.3, -0.25) is 10.1 Å². The van der Waals surface area contributed by atoms with E-state index >= 15 is 0 Å². The number of carbonyl (C=O) groups is 1. The molecule has 0 radical (unpaired) electrons. The molecule has 3 fully saturated rings. The Hall–Kier alpha value is -0.610. The molecule has 2 saturated heterocycles. The van der Waals surface area contributed by atoms with Crippen LogP contribution in [-0.2, 0) is 9.53 Å². The first-order chi connectivity index (χ1) is 8.53. The van der Waals surface area contributed by atoms with Crippen molar-refractivity contribution in [2.45, 2.75) is 70.3 Å². The first-order valence-electron chi connectivity index (χ1n) is 7.25. The van der Waals surface area contributed by atoms with Crippen LogP contribution in [0.3, 0.4) is 0 Å². The minimum Gasteiger partial charge on any atom is -0.376 e. The van der Waals surface area contributed by atoms with E-state index in [0.717, 1.165) is 32.3 Å². The monoisotopic (exact) mass is 252 g/mol. The summed E-state index contributed by atoms with van der Waals surface area (Å²) in [5.41, 5.74) is -0.193. The molecule has 1 aliphatic carbocycles. The van der Waals surface area contributed by atoms with Crippen LogP contribution in [0.1, 0.15) is 46.5 Å². The minimum absolute atomic E-state index is 0.180. The van der Waals surface area contributed by atoms with Crippen LogP contribution in [-0.4, -0.2) is 41.3 Å². The molecule has 1 spiro atoms. The molecule has 3 unspecified atom stereocenters. The van der Waals surface area contributed by atoms with Crippen molar-refractivity contribution in [2.75, 3.05) is 6.61 Å². The molecule has 2 heterocycles. The van der Waals surface area contributed by atoms with Crippen molar-refractivity contribution in [2.24, 2.45) is 5.92 Å². The number of hydrogen-bond acceptors (Lipinski definition) is 3. The summed E-state index contributed by atoms with van der Waals surface area (Å²) >= 11 is 0. The fourth-order valence-corrected chi connectivity index (χ4v) is 3.41. The predicted octanol–water partition coefficient (Wildman–Crippen LogP) is 1.50. The summed E-state index contributed by atoms with van der Waals surface area (Å²) < 4.78 is 5.65. The zero-order valence-electron chi connectivity index (χ0n) is 11.6. The lowest BCUT2D eigenvalue weighted by Gasteiger charge is -2.32. The van der Waals surface area contributed by atoms with Crippen molar-refractivity contribution < 1.29 is 9.53 Å². The summed E-state index contributed by atoms with van der Waals surface area (Å²) in [5.74, 6) is 0.930. The standard InChI is InChI=1S/C14H24N2O2/c1-9(2)8-12-15-14(5-6-14)13(17)16(12)11-4-7-18-10(11)3/h9-12,15H,4-8H2,1-3H3. The van der Waals surface area contributed by atoms with Gasteiger partial charge in [-0.25, -0.2) is 0 Å².